The van der Waals surface area contributed by atoms with Crippen LogP contribution < -0.4 is 5.32 Å². The third kappa shape index (κ3) is 5.22. The lowest BCUT2D eigenvalue weighted by Crippen LogP contribution is -2.20. The fraction of sp³-hybridized carbons (Fsp3) is 0.400. The average molecular weight is 357 g/mol. The molecule has 1 N–H and O–H groups in total. The van der Waals surface area contributed by atoms with Crippen LogP contribution in [0, 0.1) is 5.82 Å². The molecule has 1 aromatic heterocycles. The summed E-state index contributed by atoms with van der Waals surface area (Å²) in [6, 6.07) is 4.65. The van der Waals surface area contributed by atoms with Crippen LogP contribution in [-0.4, -0.2) is 31.8 Å². The van der Waals surface area contributed by atoms with Crippen molar-refractivity contribution < 1.29 is 13.5 Å². The van der Waals surface area contributed by atoms with Crippen molar-refractivity contribution in [3.05, 3.63) is 40.6 Å². The van der Waals surface area contributed by atoms with Gasteiger partial charge in [0, 0.05) is 30.1 Å². The summed E-state index contributed by atoms with van der Waals surface area (Å²) < 4.78 is 24.6. The van der Waals surface area contributed by atoms with Crippen LogP contribution in [0.5, 0.6) is 0 Å². The van der Waals surface area contributed by atoms with Gasteiger partial charge >= 0.3 is 0 Å². The van der Waals surface area contributed by atoms with Crippen LogP contribution in [0.1, 0.15) is 12.3 Å². The predicted molar refractivity (Wildman–Crippen MR) is 82.7 cm³/mol. The molecule has 21 heavy (non-hydrogen) atoms. The Morgan fingerprint density at radius 3 is 2.95 bits per heavy atom. The van der Waals surface area contributed by atoms with E-state index in [0.717, 1.165) is 25.9 Å². The van der Waals surface area contributed by atoms with E-state index in [1.165, 1.54) is 12.1 Å². The molecule has 6 heteroatoms. The molecule has 1 aromatic carbocycles. The molecule has 2 aromatic rings. The van der Waals surface area contributed by atoms with Crippen molar-refractivity contribution in [3.8, 4) is 11.3 Å². The fourth-order valence-electron chi connectivity index (χ4n) is 1.92. The Morgan fingerprint density at radius 2 is 2.19 bits per heavy atom. The highest BCUT2D eigenvalue weighted by molar-refractivity contribution is 9.10. The van der Waals surface area contributed by atoms with E-state index in [2.05, 4.69) is 26.2 Å². The number of methoxy groups -OCH3 is 1. The van der Waals surface area contributed by atoms with E-state index in [1.54, 1.807) is 19.4 Å². The first-order valence-corrected chi connectivity index (χ1v) is 7.59. The molecule has 0 spiro atoms. The quantitative estimate of drug-likeness (QED) is 0.736. The number of benzene rings is 1. The number of ether oxygens (including phenoxy) is 1. The molecule has 0 aliphatic rings. The van der Waals surface area contributed by atoms with Crippen LogP contribution in [-0.2, 0) is 11.2 Å². The van der Waals surface area contributed by atoms with E-state index in [9.17, 15) is 4.39 Å². The normalized spacial score (nSPS) is 11.0. The Balaban J connectivity index is 1.86. The van der Waals surface area contributed by atoms with E-state index >= 15 is 0 Å². The maximum atomic E-state index is 13.4. The van der Waals surface area contributed by atoms with Crippen molar-refractivity contribution in [3.63, 3.8) is 0 Å². The summed E-state index contributed by atoms with van der Waals surface area (Å²) in [4.78, 5) is 4.23. The van der Waals surface area contributed by atoms with Gasteiger partial charge in [-0.25, -0.2) is 9.37 Å². The van der Waals surface area contributed by atoms with Crippen LogP contribution in [0.25, 0.3) is 11.3 Å². The number of nitrogens with zero attached hydrogens (tertiary/aromatic N) is 1. The molecule has 0 saturated carbocycles. The fourth-order valence-corrected chi connectivity index (χ4v) is 2.38. The highest BCUT2D eigenvalue weighted by Gasteiger charge is 2.08. The summed E-state index contributed by atoms with van der Waals surface area (Å²) in [6.45, 7) is 2.43. The third-order valence-electron chi connectivity index (χ3n) is 2.93. The second kappa shape index (κ2) is 8.26. The van der Waals surface area contributed by atoms with Gasteiger partial charge in [-0.15, -0.1) is 0 Å². The Bertz CT molecular complexity index is 554. The predicted octanol–water partition coefficient (Wildman–Crippen LogP) is 3.41. The van der Waals surface area contributed by atoms with Crippen molar-refractivity contribution in [2.24, 2.45) is 0 Å². The maximum Gasteiger partial charge on any atom is 0.194 e. The van der Waals surface area contributed by atoms with Crippen LogP contribution in [0.4, 0.5) is 4.39 Å². The van der Waals surface area contributed by atoms with E-state index in [-0.39, 0.29) is 5.82 Å². The van der Waals surface area contributed by atoms with E-state index in [1.807, 2.05) is 0 Å². The number of aromatic nitrogens is 1. The van der Waals surface area contributed by atoms with Gasteiger partial charge in [-0.3, -0.25) is 0 Å². The smallest absolute Gasteiger partial charge is 0.194 e. The average Bonchev–Trinajstić information content (AvgIpc) is 2.90. The zero-order valence-electron chi connectivity index (χ0n) is 11.9. The van der Waals surface area contributed by atoms with Crippen LogP contribution in [0.2, 0.25) is 0 Å². The number of aryl methyl sites for hydroxylation is 1. The number of hydrogen-bond acceptors (Lipinski definition) is 4. The van der Waals surface area contributed by atoms with Crippen molar-refractivity contribution in [2.45, 2.75) is 12.8 Å². The van der Waals surface area contributed by atoms with Gasteiger partial charge in [0.05, 0.1) is 12.8 Å². The van der Waals surface area contributed by atoms with Gasteiger partial charge in [-0.1, -0.05) is 15.9 Å². The summed E-state index contributed by atoms with van der Waals surface area (Å²) in [5, 5.41) is 3.26. The largest absolute Gasteiger partial charge is 0.441 e. The highest BCUT2D eigenvalue weighted by atomic mass is 79.9. The van der Waals surface area contributed by atoms with Crippen LogP contribution in [0.15, 0.2) is 33.3 Å². The summed E-state index contributed by atoms with van der Waals surface area (Å²) in [6.07, 6.45) is 3.31. The molecule has 0 fully saturated rings. The lowest BCUT2D eigenvalue weighted by atomic mass is 10.2. The topological polar surface area (TPSA) is 47.3 Å². The lowest BCUT2D eigenvalue weighted by Gasteiger charge is -2.02. The monoisotopic (exact) mass is 356 g/mol. The number of nitrogens with one attached hydrogen (secondary N) is 1. The van der Waals surface area contributed by atoms with Crippen molar-refractivity contribution in [2.75, 3.05) is 26.8 Å². The second-order valence-corrected chi connectivity index (χ2v) is 5.54. The Kier molecular flexibility index (Phi) is 6.35. The Morgan fingerprint density at radius 1 is 1.33 bits per heavy atom. The minimum absolute atomic E-state index is 0.306. The van der Waals surface area contributed by atoms with E-state index < -0.39 is 0 Å². The van der Waals surface area contributed by atoms with Gasteiger partial charge < -0.3 is 14.5 Å². The molecule has 0 saturated heterocycles. The van der Waals surface area contributed by atoms with Gasteiger partial charge in [0.15, 0.2) is 11.7 Å². The molecule has 0 atom stereocenters. The highest BCUT2D eigenvalue weighted by Crippen LogP contribution is 2.25. The molecular formula is C15H18BrFN2O2. The standard InChI is InChI=1S/C15H18BrFN2O2/c1-20-6-5-18-4-2-3-15-19-10-14(21-15)11-7-12(16)9-13(17)8-11/h7-10,18H,2-6H2,1H3. The van der Waals surface area contributed by atoms with Gasteiger partial charge in [0.25, 0.3) is 0 Å². The number of rotatable bonds is 8. The summed E-state index contributed by atoms with van der Waals surface area (Å²) in [5.41, 5.74) is 0.679. The summed E-state index contributed by atoms with van der Waals surface area (Å²) in [5.74, 6) is 0.941. The Hall–Kier alpha value is -1.24. The Labute approximate surface area is 131 Å². The molecule has 0 aliphatic carbocycles. The lowest BCUT2D eigenvalue weighted by molar-refractivity contribution is 0.199. The molecule has 0 amide bonds. The van der Waals surface area contributed by atoms with Crippen molar-refractivity contribution >= 4 is 15.9 Å². The molecular weight excluding hydrogens is 339 g/mol. The molecule has 114 valence electrons. The number of hydrogen-bond donors (Lipinski definition) is 1. The van der Waals surface area contributed by atoms with Gasteiger partial charge in [-0.05, 0) is 31.2 Å². The first-order chi connectivity index (χ1) is 10.2. The summed E-state index contributed by atoms with van der Waals surface area (Å²) >= 11 is 3.27. The molecule has 2 rings (SSSR count). The first-order valence-electron chi connectivity index (χ1n) is 6.80. The number of oxazole rings is 1. The molecule has 0 radical (unpaired) electrons. The number of halogens is 2. The summed E-state index contributed by atoms with van der Waals surface area (Å²) in [7, 11) is 1.68. The van der Waals surface area contributed by atoms with Gasteiger partial charge in [-0.2, -0.15) is 0 Å². The van der Waals surface area contributed by atoms with E-state index in [0.29, 0.717) is 28.3 Å². The molecule has 0 bridgehead atoms. The SMILES string of the molecule is COCCNCCCc1ncc(-c2cc(F)cc(Br)c2)o1. The van der Waals surface area contributed by atoms with Crippen LogP contribution in [0.3, 0.4) is 0 Å². The van der Waals surface area contributed by atoms with Gasteiger partial charge in [0.2, 0.25) is 0 Å². The van der Waals surface area contributed by atoms with Gasteiger partial charge in [0.1, 0.15) is 5.82 Å². The zero-order valence-corrected chi connectivity index (χ0v) is 13.5. The van der Waals surface area contributed by atoms with Crippen molar-refractivity contribution in [1.29, 1.82) is 0 Å². The minimum Gasteiger partial charge on any atom is -0.441 e. The van der Waals surface area contributed by atoms with E-state index in [4.69, 9.17) is 9.15 Å². The molecule has 0 unspecified atom stereocenters. The van der Waals surface area contributed by atoms with Crippen LogP contribution >= 0.6 is 15.9 Å². The molecule has 1 heterocycles. The molecule has 4 nitrogen and oxygen atoms in total. The second-order valence-electron chi connectivity index (χ2n) is 4.62. The van der Waals surface area contributed by atoms with Crippen molar-refractivity contribution in [1.82, 2.24) is 10.3 Å². The minimum atomic E-state index is -0.306. The first kappa shape index (κ1) is 16.1. The third-order valence-corrected chi connectivity index (χ3v) is 3.39. The molecule has 0 aliphatic heterocycles. The maximum absolute atomic E-state index is 13.4. The zero-order chi connectivity index (χ0) is 15.1.